The van der Waals surface area contributed by atoms with Gasteiger partial charge in [-0.1, -0.05) is 30.3 Å². The Bertz CT molecular complexity index is 1110. The van der Waals surface area contributed by atoms with Crippen molar-refractivity contribution in [2.45, 2.75) is 13.3 Å². The average molecular weight is 432 g/mol. The molecule has 4 rings (SSSR count). The van der Waals surface area contributed by atoms with Crippen LogP contribution in [0.2, 0.25) is 0 Å². The van der Waals surface area contributed by atoms with E-state index in [2.05, 4.69) is 10.2 Å². The van der Waals surface area contributed by atoms with E-state index in [1.807, 2.05) is 60.4 Å². The molecule has 0 spiro atoms. The van der Waals surface area contributed by atoms with Crippen molar-refractivity contribution >= 4 is 23.2 Å². The molecule has 5 nitrogen and oxygen atoms in total. The number of piperazine rings is 1. The molecule has 0 aliphatic carbocycles. The highest BCUT2D eigenvalue weighted by Crippen LogP contribution is 2.21. The van der Waals surface area contributed by atoms with Crippen LogP contribution in [0.25, 0.3) is 0 Å². The third kappa shape index (κ3) is 5.14. The molecule has 1 aliphatic rings. The number of carbonyl (C=O) groups is 2. The Labute approximate surface area is 187 Å². The van der Waals surface area contributed by atoms with Crippen LogP contribution < -0.4 is 10.2 Å². The Kier molecular flexibility index (Phi) is 6.50. The number of amides is 2. The number of anilines is 2. The fraction of sp³-hybridized carbons (Fsp3) is 0.231. The lowest BCUT2D eigenvalue weighted by atomic mass is 10.1. The summed E-state index contributed by atoms with van der Waals surface area (Å²) in [5.41, 5.74) is 4.19. The predicted molar refractivity (Wildman–Crippen MR) is 124 cm³/mol. The molecular weight excluding hydrogens is 405 g/mol. The topological polar surface area (TPSA) is 52.7 Å². The highest BCUT2D eigenvalue weighted by atomic mass is 19.1. The maximum absolute atomic E-state index is 13.3. The molecule has 32 heavy (non-hydrogen) atoms. The molecule has 2 amide bonds. The number of carbonyl (C=O) groups excluding carboxylic acids is 2. The third-order valence-corrected chi connectivity index (χ3v) is 5.81. The van der Waals surface area contributed by atoms with E-state index in [0.717, 1.165) is 29.9 Å². The minimum absolute atomic E-state index is 0.161. The molecular formula is C26H26FN3O2. The number of rotatable bonds is 5. The summed E-state index contributed by atoms with van der Waals surface area (Å²) >= 11 is 0. The Morgan fingerprint density at radius 1 is 0.906 bits per heavy atom. The largest absolute Gasteiger partial charge is 0.368 e. The molecule has 0 saturated carbocycles. The molecule has 0 radical (unpaired) electrons. The summed E-state index contributed by atoms with van der Waals surface area (Å²) in [5.74, 6) is -0.628. The molecule has 0 bridgehead atoms. The zero-order chi connectivity index (χ0) is 22.5. The lowest BCUT2D eigenvalue weighted by molar-refractivity contribution is -0.130. The molecule has 164 valence electrons. The Hall–Kier alpha value is -3.67. The molecule has 1 N–H and O–H groups in total. The summed E-state index contributed by atoms with van der Waals surface area (Å²) in [6, 6.07) is 21.2. The first-order valence-corrected chi connectivity index (χ1v) is 10.7. The van der Waals surface area contributed by atoms with Crippen LogP contribution in [0.4, 0.5) is 15.8 Å². The molecule has 1 heterocycles. The number of nitrogens with one attached hydrogen (secondary N) is 1. The van der Waals surface area contributed by atoms with Crippen molar-refractivity contribution in [3.63, 3.8) is 0 Å². The molecule has 0 atom stereocenters. The zero-order valence-electron chi connectivity index (χ0n) is 18.1. The second kappa shape index (κ2) is 9.64. The van der Waals surface area contributed by atoms with E-state index in [0.29, 0.717) is 25.2 Å². The van der Waals surface area contributed by atoms with Gasteiger partial charge in [0.15, 0.2) is 0 Å². The minimum Gasteiger partial charge on any atom is -0.368 e. The fourth-order valence-electron chi connectivity index (χ4n) is 3.89. The van der Waals surface area contributed by atoms with Gasteiger partial charge in [0.2, 0.25) is 5.91 Å². The van der Waals surface area contributed by atoms with E-state index in [1.54, 1.807) is 6.07 Å². The maximum Gasteiger partial charge on any atom is 0.255 e. The average Bonchev–Trinajstić information content (AvgIpc) is 2.81. The van der Waals surface area contributed by atoms with Crippen LogP contribution in [-0.2, 0) is 11.2 Å². The van der Waals surface area contributed by atoms with Gasteiger partial charge in [-0.15, -0.1) is 0 Å². The Balaban J connectivity index is 1.30. The molecule has 3 aromatic carbocycles. The lowest BCUT2D eigenvalue weighted by Crippen LogP contribution is -2.49. The van der Waals surface area contributed by atoms with Gasteiger partial charge in [-0.25, -0.2) is 4.39 Å². The van der Waals surface area contributed by atoms with Crippen LogP contribution in [0.3, 0.4) is 0 Å². The van der Waals surface area contributed by atoms with Gasteiger partial charge in [-0.05, 0) is 60.5 Å². The van der Waals surface area contributed by atoms with E-state index in [9.17, 15) is 14.0 Å². The van der Waals surface area contributed by atoms with Crippen molar-refractivity contribution in [2.24, 2.45) is 0 Å². The van der Waals surface area contributed by atoms with E-state index in [4.69, 9.17) is 0 Å². The molecule has 0 aromatic heterocycles. The molecule has 1 fully saturated rings. The number of aryl methyl sites for hydroxylation is 1. The normalized spacial score (nSPS) is 13.7. The van der Waals surface area contributed by atoms with Crippen LogP contribution >= 0.6 is 0 Å². The first-order valence-electron chi connectivity index (χ1n) is 10.7. The van der Waals surface area contributed by atoms with Crippen LogP contribution in [0, 0.1) is 12.7 Å². The van der Waals surface area contributed by atoms with E-state index in [1.165, 1.54) is 18.2 Å². The summed E-state index contributed by atoms with van der Waals surface area (Å²) in [7, 11) is 0. The number of hydrogen-bond donors (Lipinski definition) is 1. The van der Waals surface area contributed by atoms with Crippen LogP contribution in [0.1, 0.15) is 21.5 Å². The van der Waals surface area contributed by atoms with Crippen LogP contribution in [0.5, 0.6) is 0 Å². The standard InChI is InChI=1S/C26H26FN3O2/c1-19-5-2-3-6-20(19)18-25(31)30-15-13-29(14-16-30)24-11-9-23(10-12-24)28-26(32)21-7-4-8-22(27)17-21/h2-12,17H,13-16,18H2,1H3,(H,28,32). The van der Waals surface area contributed by atoms with Gasteiger partial charge in [-0.3, -0.25) is 9.59 Å². The SMILES string of the molecule is Cc1ccccc1CC(=O)N1CCN(c2ccc(NC(=O)c3cccc(F)c3)cc2)CC1. The van der Waals surface area contributed by atoms with Crippen LogP contribution in [0.15, 0.2) is 72.8 Å². The van der Waals surface area contributed by atoms with Gasteiger partial charge in [-0.2, -0.15) is 0 Å². The second-order valence-corrected chi connectivity index (χ2v) is 7.98. The minimum atomic E-state index is -0.440. The summed E-state index contributed by atoms with van der Waals surface area (Å²) in [6.07, 6.45) is 0.437. The zero-order valence-corrected chi connectivity index (χ0v) is 18.1. The molecule has 0 unspecified atom stereocenters. The fourth-order valence-corrected chi connectivity index (χ4v) is 3.89. The smallest absolute Gasteiger partial charge is 0.255 e. The van der Waals surface area contributed by atoms with Gasteiger partial charge in [0, 0.05) is 43.1 Å². The number of halogens is 1. The predicted octanol–water partition coefficient (Wildman–Crippen LogP) is 4.28. The second-order valence-electron chi connectivity index (χ2n) is 7.98. The van der Waals surface area contributed by atoms with E-state index in [-0.39, 0.29) is 17.4 Å². The highest BCUT2D eigenvalue weighted by molar-refractivity contribution is 6.04. The third-order valence-electron chi connectivity index (χ3n) is 5.81. The summed E-state index contributed by atoms with van der Waals surface area (Å²) in [6.45, 7) is 4.92. The van der Waals surface area contributed by atoms with Crippen molar-refractivity contribution in [1.29, 1.82) is 0 Å². The Morgan fingerprint density at radius 2 is 1.62 bits per heavy atom. The molecule has 6 heteroatoms. The first kappa shape index (κ1) is 21.6. The summed E-state index contributed by atoms with van der Waals surface area (Å²) in [4.78, 5) is 29.1. The molecule has 1 aliphatic heterocycles. The number of benzene rings is 3. The highest BCUT2D eigenvalue weighted by Gasteiger charge is 2.21. The van der Waals surface area contributed by atoms with Crippen molar-refractivity contribution in [3.05, 3.63) is 95.3 Å². The van der Waals surface area contributed by atoms with Crippen molar-refractivity contribution in [1.82, 2.24) is 4.90 Å². The van der Waals surface area contributed by atoms with Crippen molar-refractivity contribution in [2.75, 3.05) is 36.4 Å². The number of nitrogens with zero attached hydrogens (tertiary/aromatic N) is 2. The van der Waals surface area contributed by atoms with Gasteiger partial charge in [0.1, 0.15) is 5.82 Å². The van der Waals surface area contributed by atoms with Crippen molar-refractivity contribution in [3.8, 4) is 0 Å². The van der Waals surface area contributed by atoms with Gasteiger partial charge >= 0.3 is 0 Å². The summed E-state index contributed by atoms with van der Waals surface area (Å²) in [5, 5.41) is 2.79. The Morgan fingerprint density at radius 3 is 2.31 bits per heavy atom. The molecule has 1 saturated heterocycles. The number of hydrogen-bond acceptors (Lipinski definition) is 3. The van der Waals surface area contributed by atoms with Gasteiger partial charge < -0.3 is 15.1 Å². The van der Waals surface area contributed by atoms with Crippen molar-refractivity contribution < 1.29 is 14.0 Å². The summed E-state index contributed by atoms with van der Waals surface area (Å²) < 4.78 is 13.3. The maximum atomic E-state index is 13.3. The first-order chi connectivity index (χ1) is 15.5. The van der Waals surface area contributed by atoms with E-state index >= 15 is 0 Å². The molecule has 3 aromatic rings. The van der Waals surface area contributed by atoms with E-state index < -0.39 is 5.82 Å². The monoisotopic (exact) mass is 431 g/mol. The van der Waals surface area contributed by atoms with Gasteiger partial charge in [0.05, 0.1) is 6.42 Å². The lowest BCUT2D eigenvalue weighted by Gasteiger charge is -2.36. The van der Waals surface area contributed by atoms with Gasteiger partial charge in [0.25, 0.3) is 5.91 Å². The van der Waals surface area contributed by atoms with Crippen LogP contribution in [-0.4, -0.2) is 42.9 Å². The quantitative estimate of drug-likeness (QED) is 0.656.